The first-order valence-electron chi connectivity index (χ1n) is 9.54. The quantitative estimate of drug-likeness (QED) is 0.778. The summed E-state index contributed by atoms with van der Waals surface area (Å²) < 4.78 is 26.7. The molecule has 0 aliphatic carbocycles. The van der Waals surface area contributed by atoms with Gasteiger partial charge in [0.05, 0.1) is 12.6 Å². The molecule has 1 aliphatic heterocycles. The van der Waals surface area contributed by atoms with E-state index in [4.69, 9.17) is 9.85 Å². The number of hydrogen-bond donors (Lipinski definition) is 2. The normalized spacial score (nSPS) is 25.8. The van der Waals surface area contributed by atoms with Gasteiger partial charge < -0.3 is 11.1 Å². The van der Waals surface area contributed by atoms with Crippen LogP contribution in [0.5, 0.6) is 0 Å². The first-order valence-corrected chi connectivity index (χ1v) is 7.96. The number of nitrogens with two attached hydrogens (primary N) is 1. The van der Waals surface area contributed by atoms with Gasteiger partial charge in [-0.25, -0.2) is 4.68 Å². The number of primary amides is 1. The Morgan fingerprint density at radius 1 is 1.38 bits per heavy atom. The average Bonchev–Trinajstić information content (AvgIpc) is 3.01. The smallest absolute Gasteiger partial charge is 0.250 e. The zero-order valence-corrected chi connectivity index (χ0v) is 13.1. The van der Waals surface area contributed by atoms with Crippen molar-refractivity contribution in [2.45, 2.75) is 18.7 Å². The van der Waals surface area contributed by atoms with Gasteiger partial charge in [-0.15, -0.1) is 0 Å². The molecule has 5 heteroatoms. The standard InChI is InChI=1S/C19H20N4O/c20-19(24)17-5-1-3-15-12-23(22-18(15)17)16-8-6-13(7-9-16)14-4-2-10-21-11-14/h1,3,5-9,12,14,21H,2,4,10-11H2,(H2,20,24)/i11D,12D,14D. The molecule has 0 spiro atoms. The van der Waals surface area contributed by atoms with Crippen molar-refractivity contribution in [3.8, 4) is 5.69 Å². The number of nitrogens with one attached hydrogen (secondary N) is 1. The Labute approximate surface area is 144 Å². The maximum atomic E-state index is 11.6. The number of fused-ring (bicyclic) bond motifs is 1. The Morgan fingerprint density at radius 3 is 2.96 bits per heavy atom. The van der Waals surface area contributed by atoms with Crippen molar-refractivity contribution in [1.82, 2.24) is 15.1 Å². The van der Waals surface area contributed by atoms with Crippen molar-refractivity contribution < 1.29 is 8.91 Å². The number of aromatic nitrogens is 2. The van der Waals surface area contributed by atoms with Crippen LogP contribution in [-0.4, -0.2) is 28.8 Å². The van der Waals surface area contributed by atoms with E-state index in [1.165, 1.54) is 4.68 Å². The average molecular weight is 323 g/mol. The van der Waals surface area contributed by atoms with Crippen molar-refractivity contribution in [2.75, 3.05) is 13.1 Å². The predicted octanol–water partition coefficient (Wildman–Crippen LogP) is 2.59. The lowest BCUT2D eigenvalue weighted by Gasteiger charge is -2.23. The van der Waals surface area contributed by atoms with Crippen LogP contribution in [-0.2, 0) is 0 Å². The molecule has 0 radical (unpaired) electrons. The summed E-state index contributed by atoms with van der Waals surface area (Å²) in [6, 6.07) is 12.2. The van der Waals surface area contributed by atoms with E-state index in [1.807, 2.05) is 12.1 Å². The van der Waals surface area contributed by atoms with Gasteiger partial charge in [-0.3, -0.25) is 4.79 Å². The van der Waals surface area contributed by atoms with E-state index in [0.717, 1.165) is 18.5 Å². The molecule has 1 aromatic heterocycles. The SMILES string of the molecule is [2H]c1c2cccc(C(N)=O)c2nn1-c1ccc(C2([2H])CCCNC2[2H])cc1. The van der Waals surface area contributed by atoms with Gasteiger partial charge in [-0.1, -0.05) is 24.3 Å². The Balaban J connectivity index is 1.75. The molecule has 1 fully saturated rings. The number of piperidine rings is 1. The molecule has 1 saturated heterocycles. The van der Waals surface area contributed by atoms with Crippen molar-refractivity contribution in [2.24, 2.45) is 5.73 Å². The van der Waals surface area contributed by atoms with Gasteiger partial charge in [0.1, 0.15) is 5.52 Å². The Kier molecular flexibility index (Phi) is 3.00. The minimum Gasteiger partial charge on any atom is -0.366 e. The van der Waals surface area contributed by atoms with Gasteiger partial charge in [-0.05, 0) is 49.0 Å². The highest BCUT2D eigenvalue weighted by molar-refractivity contribution is 6.04. The van der Waals surface area contributed by atoms with Gasteiger partial charge in [0, 0.05) is 20.8 Å². The first kappa shape index (κ1) is 11.8. The molecule has 5 nitrogen and oxygen atoms in total. The van der Waals surface area contributed by atoms with E-state index in [9.17, 15) is 4.79 Å². The molecule has 2 unspecified atom stereocenters. The molecular formula is C19H20N4O. The van der Waals surface area contributed by atoms with Crippen LogP contribution in [0.1, 0.15) is 38.8 Å². The Morgan fingerprint density at radius 2 is 2.21 bits per heavy atom. The molecule has 4 rings (SSSR count). The van der Waals surface area contributed by atoms with E-state index < -0.39 is 18.3 Å². The third kappa shape index (κ3) is 2.67. The number of benzene rings is 2. The fourth-order valence-electron chi connectivity index (χ4n) is 2.99. The number of carbonyl (C=O) groups is 1. The van der Waals surface area contributed by atoms with Gasteiger partial charge in [-0.2, -0.15) is 5.10 Å². The highest BCUT2D eigenvalue weighted by Gasteiger charge is 2.15. The monoisotopic (exact) mass is 323 g/mol. The molecule has 3 N–H and O–H groups in total. The summed E-state index contributed by atoms with van der Waals surface area (Å²) in [6.45, 7) is 0.0891. The molecule has 0 bridgehead atoms. The predicted molar refractivity (Wildman–Crippen MR) is 94.4 cm³/mol. The largest absolute Gasteiger partial charge is 0.366 e. The maximum Gasteiger partial charge on any atom is 0.250 e. The molecule has 122 valence electrons. The Hall–Kier alpha value is -2.66. The van der Waals surface area contributed by atoms with Crippen molar-refractivity contribution in [3.05, 3.63) is 59.8 Å². The molecule has 1 amide bonds. The van der Waals surface area contributed by atoms with Crippen molar-refractivity contribution in [1.29, 1.82) is 0 Å². The minimum atomic E-state index is -0.992. The summed E-state index contributed by atoms with van der Waals surface area (Å²) in [5.41, 5.74) is 7.52. The van der Waals surface area contributed by atoms with Crippen LogP contribution in [0.15, 0.2) is 48.6 Å². The number of carbonyl (C=O) groups excluding carboxylic acids is 1. The summed E-state index contributed by atoms with van der Waals surface area (Å²) in [6.07, 6.45) is 1.65. The van der Waals surface area contributed by atoms with Crippen LogP contribution in [0, 0.1) is 0 Å². The summed E-state index contributed by atoms with van der Waals surface area (Å²) in [5, 5.41) is 8.01. The van der Waals surface area contributed by atoms with Crippen molar-refractivity contribution in [3.63, 3.8) is 0 Å². The van der Waals surface area contributed by atoms with Crippen LogP contribution >= 0.6 is 0 Å². The second kappa shape index (κ2) is 6.09. The molecule has 1 aliphatic rings. The fraction of sp³-hybridized carbons (Fsp3) is 0.263. The minimum absolute atomic E-state index is 0.166. The van der Waals surface area contributed by atoms with Crippen molar-refractivity contribution >= 4 is 16.8 Å². The van der Waals surface area contributed by atoms with E-state index >= 15 is 0 Å². The molecule has 3 aromatic rings. The van der Waals surface area contributed by atoms with Gasteiger partial charge in [0.25, 0.3) is 5.91 Å². The maximum absolute atomic E-state index is 11.6. The van der Waals surface area contributed by atoms with E-state index in [2.05, 4.69) is 10.4 Å². The van der Waals surface area contributed by atoms with Crippen LogP contribution in [0.4, 0.5) is 0 Å². The molecule has 0 saturated carbocycles. The molecule has 2 atom stereocenters. The highest BCUT2D eigenvalue weighted by Crippen LogP contribution is 2.25. The lowest BCUT2D eigenvalue weighted by molar-refractivity contribution is 0.100. The van der Waals surface area contributed by atoms with Crippen LogP contribution in [0.2, 0.25) is 0 Å². The summed E-state index contributed by atoms with van der Waals surface area (Å²) in [4.78, 5) is 11.6. The third-order valence-corrected chi connectivity index (χ3v) is 4.25. The van der Waals surface area contributed by atoms with E-state index in [0.29, 0.717) is 23.0 Å². The van der Waals surface area contributed by atoms with Crippen LogP contribution in [0.25, 0.3) is 16.6 Å². The second-order valence-electron chi connectivity index (χ2n) is 5.86. The number of hydrogen-bond acceptors (Lipinski definition) is 3. The molecule has 24 heavy (non-hydrogen) atoms. The second-order valence-corrected chi connectivity index (χ2v) is 5.86. The van der Waals surface area contributed by atoms with Gasteiger partial charge >= 0.3 is 0 Å². The lowest BCUT2D eigenvalue weighted by atomic mass is 9.92. The zero-order valence-electron chi connectivity index (χ0n) is 16.1. The zero-order chi connectivity index (χ0) is 19.2. The molecule has 2 heterocycles. The van der Waals surface area contributed by atoms with Crippen LogP contribution in [0.3, 0.4) is 0 Å². The summed E-state index contributed by atoms with van der Waals surface area (Å²) >= 11 is 0. The van der Waals surface area contributed by atoms with Gasteiger partial charge in [0.2, 0.25) is 0 Å². The topological polar surface area (TPSA) is 72.9 Å². The van der Waals surface area contributed by atoms with E-state index in [1.54, 1.807) is 30.3 Å². The fourth-order valence-corrected chi connectivity index (χ4v) is 2.99. The summed E-state index contributed by atoms with van der Waals surface area (Å²) in [5.74, 6) is -1.57. The lowest BCUT2D eigenvalue weighted by Crippen LogP contribution is -2.28. The number of amides is 1. The summed E-state index contributed by atoms with van der Waals surface area (Å²) in [7, 11) is 0. The third-order valence-electron chi connectivity index (χ3n) is 4.25. The van der Waals surface area contributed by atoms with E-state index in [-0.39, 0.29) is 11.7 Å². The highest BCUT2D eigenvalue weighted by atomic mass is 16.1. The molecular weight excluding hydrogens is 300 g/mol. The van der Waals surface area contributed by atoms with Gasteiger partial charge in [0.15, 0.2) is 0 Å². The molecule has 2 aromatic carbocycles. The number of nitrogens with zero attached hydrogens (tertiary/aromatic N) is 2. The van der Waals surface area contributed by atoms with Crippen LogP contribution < -0.4 is 11.1 Å². The number of rotatable bonds is 3. The Bertz CT molecular complexity index is 1020. The first-order chi connectivity index (χ1) is 12.9.